The minimum atomic E-state index is 0. The van der Waals surface area contributed by atoms with Crippen LogP contribution in [0.5, 0.6) is 0 Å². The molecule has 1 amide bonds. The molecular weight excluding hydrogens is 332 g/mol. The second-order valence-electron chi connectivity index (χ2n) is 5.49. The molecule has 23 heavy (non-hydrogen) atoms. The molecule has 0 aromatic heterocycles. The number of amides is 1. The van der Waals surface area contributed by atoms with Crippen molar-refractivity contribution in [2.45, 2.75) is 38.8 Å². The summed E-state index contributed by atoms with van der Waals surface area (Å²) in [7, 11) is 0. The number of benzene rings is 1. The van der Waals surface area contributed by atoms with Crippen molar-refractivity contribution in [2.75, 3.05) is 30.0 Å². The fraction of sp³-hybridized carbons (Fsp3) is 0.588. The van der Waals surface area contributed by atoms with Gasteiger partial charge in [-0.1, -0.05) is 25.1 Å². The number of thioether (sulfide) groups is 1. The van der Waals surface area contributed by atoms with Gasteiger partial charge in [-0.2, -0.15) is 0 Å². The molecule has 1 aromatic rings. The van der Waals surface area contributed by atoms with Crippen molar-refractivity contribution >= 4 is 35.8 Å². The lowest BCUT2D eigenvalue weighted by Crippen LogP contribution is -2.23. The molecule has 1 unspecified atom stereocenters. The first-order valence-corrected chi connectivity index (χ1v) is 9.23. The normalized spacial score (nSPS) is 17.3. The Labute approximate surface area is 149 Å². The van der Waals surface area contributed by atoms with Gasteiger partial charge in [0.2, 0.25) is 5.91 Å². The number of ether oxygens (including phenoxy) is 1. The SMILES string of the molecule is CCNCc1ccccc1NC(=O)CSCC1CCCCO1.Cl. The van der Waals surface area contributed by atoms with Crippen LogP contribution in [0.25, 0.3) is 0 Å². The molecule has 1 heterocycles. The van der Waals surface area contributed by atoms with Gasteiger partial charge in [-0.05, 0) is 37.4 Å². The third-order valence-electron chi connectivity index (χ3n) is 3.67. The highest BCUT2D eigenvalue weighted by molar-refractivity contribution is 8.00. The van der Waals surface area contributed by atoms with E-state index < -0.39 is 0 Å². The van der Waals surface area contributed by atoms with Crippen molar-refractivity contribution in [3.8, 4) is 0 Å². The standard InChI is InChI=1S/C17H26N2O2S.ClH/c1-2-18-11-14-7-3-4-9-16(14)19-17(20)13-22-12-15-8-5-6-10-21-15;/h3-4,7,9,15,18H,2,5-6,8,10-13H2,1H3,(H,19,20);1H. The maximum atomic E-state index is 12.1. The number of halogens is 1. The van der Waals surface area contributed by atoms with Gasteiger partial charge >= 0.3 is 0 Å². The van der Waals surface area contributed by atoms with E-state index in [-0.39, 0.29) is 18.3 Å². The van der Waals surface area contributed by atoms with Crippen LogP contribution in [0.3, 0.4) is 0 Å². The number of nitrogens with one attached hydrogen (secondary N) is 2. The fourth-order valence-corrected chi connectivity index (χ4v) is 3.37. The zero-order chi connectivity index (χ0) is 15.6. The highest BCUT2D eigenvalue weighted by Gasteiger charge is 2.14. The highest BCUT2D eigenvalue weighted by atomic mass is 35.5. The van der Waals surface area contributed by atoms with Crippen LogP contribution >= 0.6 is 24.2 Å². The summed E-state index contributed by atoms with van der Waals surface area (Å²) in [5.41, 5.74) is 2.03. The summed E-state index contributed by atoms with van der Waals surface area (Å²) in [6, 6.07) is 7.95. The van der Waals surface area contributed by atoms with Crippen molar-refractivity contribution in [1.29, 1.82) is 0 Å². The monoisotopic (exact) mass is 358 g/mol. The summed E-state index contributed by atoms with van der Waals surface area (Å²) in [4.78, 5) is 12.1. The predicted octanol–water partition coefficient (Wildman–Crippen LogP) is 3.46. The lowest BCUT2D eigenvalue weighted by Gasteiger charge is -2.22. The maximum absolute atomic E-state index is 12.1. The third kappa shape index (κ3) is 7.57. The zero-order valence-corrected chi connectivity index (χ0v) is 15.3. The number of anilines is 1. The van der Waals surface area contributed by atoms with Crippen LogP contribution in [-0.4, -0.2) is 36.7 Å². The summed E-state index contributed by atoms with van der Waals surface area (Å²) >= 11 is 1.66. The highest BCUT2D eigenvalue weighted by Crippen LogP contribution is 2.18. The van der Waals surface area contributed by atoms with Crippen LogP contribution in [0.15, 0.2) is 24.3 Å². The summed E-state index contributed by atoms with van der Waals surface area (Å²) in [5, 5.41) is 6.31. The second kappa shape index (κ2) is 11.7. The Kier molecular flexibility index (Phi) is 10.4. The molecule has 0 spiro atoms. The average molecular weight is 359 g/mol. The van der Waals surface area contributed by atoms with E-state index in [1.807, 2.05) is 24.3 Å². The first-order valence-electron chi connectivity index (χ1n) is 8.07. The van der Waals surface area contributed by atoms with Crippen LogP contribution in [-0.2, 0) is 16.1 Å². The Hall–Kier alpha value is -0.750. The van der Waals surface area contributed by atoms with E-state index in [1.165, 1.54) is 12.8 Å². The van der Waals surface area contributed by atoms with Gasteiger partial charge < -0.3 is 15.4 Å². The summed E-state index contributed by atoms with van der Waals surface area (Å²) in [6.45, 7) is 4.63. The molecule has 2 N–H and O–H groups in total. The van der Waals surface area contributed by atoms with Gasteiger partial charge in [0.15, 0.2) is 0 Å². The average Bonchev–Trinajstić information content (AvgIpc) is 2.55. The molecule has 2 rings (SSSR count). The van der Waals surface area contributed by atoms with E-state index in [9.17, 15) is 4.79 Å². The molecule has 130 valence electrons. The van der Waals surface area contributed by atoms with Crippen LogP contribution in [0.4, 0.5) is 5.69 Å². The number of hydrogen-bond acceptors (Lipinski definition) is 4. The minimum Gasteiger partial charge on any atom is -0.377 e. The van der Waals surface area contributed by atoms with E-state index in [1.54, 1.807) is 11.8 Å². The van der Waals surface area contributed by atoms with E-state index in [0.29, 0.717) is 11.9 Å². The molecule has 4 nitrogen and oxygen atoms in total. The largest absolute Gasteiger partial charge is 0.377 e. The van der Waals surface area contributed by atoms with Gasteiger partial charge in [0.05, 0.1) is 11.9 Å². The van der Waals surface area contributed by atoms with E-state index in [4.69, 9.17) is 4.74 Å². The fourth-order valence-electron chi connectivity index (χ4n) is 2.46. The second-order valence-corrected chi connectivity index (χ2v) is 6.52. The number of para-hydroxylation sites is 1. The Morgan fingerprint density at radius 3 is 2.91 bits per heavy atom. The summed E-state index contributed by atoms with van der Waals surface area (Å²) in [6.07, 6.45) is 3.87. The zero-order valence-electron chi connectivity index (χ0n) is 13.7. The number of carbonyl (C=O) groups excluding carboxylic acids is 1. The molecular formula is C17H27ClN2O2S. The molecule has 1 atom stereocenters. The van der Waals surface area contributed by atoms with E-state index in [0.717, 1.165) is 43.1 Å². The molecule has 1 aliphatic heterocycles. The quantitative estimate of drug-likeness (QED) is 0.747. The number of hydrogen-bond donors (Lipinski definition) is 2. The smallest absolute Gasteiger partial charge is 0.234 e. The molecule has 1 aliphatic rings. The van der Waals surface area contributed by atoms with Crippen molar-refractivity contribution in [3.05, 3.63) is 29.8 Å². The lowest BCUT2D eigenvalue weighted by molar-refractivity contribution is -0.113. The van der Waals surface area contributed by atoms with Crippen molar-refractivity contribution < 1.29 is 9.53 Å². The summed E-state index contributed by atoms with van der Waals surface area (Å²) < 4.78 is 5.68. The first kappa shape index (κ1) is 20.3. The molecule has 0 radical (unpaired) electrons. The van der Waals surface area contributed by atoms with Gasteiger partial charge in [0.1, 0.15) is 0 Å². The minimum absolute atomic E-state index is 0. The van der Waals surface area contributed by atoms with Gasteiger partial charge in [0.25, 0.3) is 0 Å². The first-order chi connectivity index (χ1) is 10.8. The Balaban J connectivity index is 0.00000264. The van der Waals surface area contributed by atoms with Gasteiger partial charge in [-0.25, -0.2) is 0 Å². The molecule has 0 aliphatic carbocycles. The van der Waals surface area contributed by atoms with Crippen LogP contribution in [0.1, 0.15) is 31.7 Å². The van der Waals surface area contributed by atoms with Crippen LogP contribution < -0.4 is 10.6 Å². The topological polar surface area (TPSA) is 50.4 Å². The molecule has 1 saturated heterocycles. The van der Waals surface area contributed by atoms with E-state index in [2.05, 4.69) is 17.6 Å². The number of carbonyl (C=O) groups is 1. The Morgan fingerprint density at radius 1 is 1.35 bits per heavy atom. The van der Waals surface area contributed by atoms with Crippen LogP contribution in [0, 0.1) is 0 Å². The Morgan fingerprint density at radius 2 is 2.17 bits per heavy atom. The summed E-state index contributed by atoms with van der Waals surface area (Å²) in [5.74, 6) is 1.45. The van der Waals surface area contributed by atoms with Crippen molar-refractivity contribution in [3.63, 3.8) is 0 Å². The van der Waals surface area contributed by atoms with E-state index >= 15 is 0 Å². The molecule has 0 saturated carbocycles. The molecule has 1 aromatic carbocycles. The third-order valence-corrected chi connectivity index (χ3v) is 4.74. The molecule has 0 bridgehead atoms. The van der Waals surface area contributed by atoms with Gasteiger partial charge in [-0.3, -0.25) is 4.79 Å². The van der Waals surface area contributed by atoms with Crippen LogP contribution in [0.2, 0.25) is 0 Å². The van der Waals surface area contributed by atoms with Gasteiger partial charge in [-0.15, -0.1) is 24.2 Å². The van der Waals surface area contributed by atoms with Crippen molar-refractivity contribution in [1.82, 2.24) is 5.32 Å². The molecule has 1 fully saturated rings. The lowest BCUT2D eigenvalue weighted by atomic mass is 10.1. The van der Waals surface area contributed by atoms with Crippen molar-refractivity contribution in [2.24, 2.45) is 0 Å². The maximum Gasteiger partial charge on any atom is 0.234 e. The molecule has 6 heteroatoms. The number of rotatable bonds is 8. The Bertz CT molecular complexity index is 468. The van der Waals surface area contributed by atoms with Gasteiger partial charge in [0, 0.05) is 24.6 Å². The predicted molar refractivity (Wildman–Crippen MR) is 101 cm³/mol.